The van der Waals surface area contributed by atoms with Gasteiger partial charge in [0.15, 0.2) is 0 Å². The molecule has 28 heavy (non-hydrogen) atoms. The van der Waals surface area contributed by atoms with Gasteiger partial charge in [0.2, 0.25) is 0 Å². The predicted molar refractivity (Wildman–Crippen MR) is 110 cm³/mol. The van der Waals surface area contributed by atoms with Crippen LogP contribution in [-0.4, -0.2) is 29.5 Å². The summed E-state index contributed by atoms with van der Waals surface area (Å²) in [5, 5.41) is 6.16. The van der Waals surface area contributed by atoms with Crippen LogP contribution in [0.1, 0.15) is 27.4 Å². The normalized spacial score (nSPS) is 10.4. The summed E-state index contributed by atoms with van der Waals surface area (Å²) in [6.07, 6.45) is 0.679. The van der Waals surface area contributed by atoms with Gasteiger partial charge in [0.25, 0.3) is 5.91 Å². The summed E-state index contributed by atoms with van der Waals surface area (Å²) in [4.78, 5) is 21.1. The second kappa shape index (κ2) is 9.50. The largest absolute Gasteiger partial charge is 0.496 e. The number of hydrogen-bond acceptors (Lipinski definition) is 5. The number of aryl methyl sites for hydroxylation is 1. The maximum Gasteiger partial charge on any atom is 0.270 e. The maximum absolute atomic E-state index is 12.5. The van der Waals surface area contributed by atoms with Crippen LogP contribution in [0.4, 0.5) is 5.82 Å². The number of hydrogen-bond donors (Lipinski definition) is 2. The van der Waals surface area contributed by atoms with Crippen molar-refractivity contribution < 1.29 is 9.53 Å². The van der Waals surface area contributed by atoms with Gasteiger partial charge in [-0.1, -0.05) is 48.5 Å². The molecule has 0 spiro atoms. The van der Waals surface area contributed by atoms with Crippen LogP contribution in [-0.2, 0) is 13.0 Å². The van der Waals surface area contributed by atoms with Gasteiger partial charge in [0, 0.05) is 19.2 Å². The zero-order valence-corrected chi connectivity index (χ0v) is 16.1. The third-order valence-electron chi connectivity index (χ3n) is 4.26. The number of para-hydroxylation sites is 1. The third kappa shape index (κ3) is 5.30. The minimum Gasteiger partial charge on any atom is -0.496 e. The molecule has 0 aliphatic rings. The summed E-state index contributed by atoms with van der Waals surface area (Å²) in [5.74, 6) is 1.78. The number of methoxy groups -OCH3 is 1. The van der Waals surface area contributed by atoms with Gasteiger partial charge in [0.05, 0.1) is 7.11 Å². The molecule has 144 valence electrons. The van der Waals surface area contributed by atoms with Crippen LogP contribution in [0.25, 0.3) is 0 Å². The number of nitrogens with zero attached hydrogens (tertiary/aromatic N) is 2. The molecule has 1 aromatic heterocycles. The smallest absolute Gasteiger partial charge is 0.270 e. The molecule has 3 aromatic rings. The molecular formula is C22H24N4O2. The van der Waals surface area contributed by atoms with Gasteiger partial charge in [-0.15, -0.1) is 0 Å². The molecule has 2 aromatic carbocycles. The first-order valence-electron chi connectivity index (χ1n) is 9.19. The second-order valence-corrected chi connectivity index (χ2v) is 6.34. The lowest BCUT2D eigenvalue weighted by molar-refractivity contribution is 0.0948. The maximum atomic E-state index is 12.5. The summed E-state index contributed by atoms with van der Waals surface area (Å²) in [6, 6.07) is 19.5. The number of amides is 1. The topological polar surface area (TPSA) is 76.1 Å². The van der Waals surface area contributed by atoms with E-state index in [4.69, 9.17) is 4.74 Å². The van der Waals surface area contributed by atoms with E-state index in [-0.39, 0.29) is 5.91 Å². The van der Waals surface area contributed by atoms with E-state index in [1.165, 1.54) is 0 Å². The molecule has 1 heterocycles. The Bertz CT molecular complexity index is 929. The molecule has 6 heteroatoms. The quantitative estimate of drug-likeness (QED) is 0.630. The first-order chi connectivity index (χ1) is 13.7. The van der Waals surface area contributed by atoms with Crippen molar-refractivity contribution in [3.05, 3.63) is 83.3 Å². The Labute approximate surface area is 165 Å². The van der Waals surface area contributed by atoms with Crippen molar-refractivity contribution in [3.8, 4) is 5.75 Å². The van der Waals surface area contributed by atoms with E-state index in [9.17, 15) is 4.79 Å². The molecule has 0 bridgehead atoms. The lowest BCUT2D eigenvalue weighted by Gasteiger charge is -2.10. The fourth-order valence-electron chi connectivity index (χ4n) is 2.87. The number of carbonyl (C=O) groups excluding carboxylic acids is 1. The minimum absolute atomic E-state index is 0.219. The SMILES string of the molecule is COc1ccccc1CCNC(=O)c1cc(NCc2ccccc2)nc(C)n1. The van der Waals surface area contributed by atoms with Gasteiger partial charge in [-0.2, -0.15) is 0 Å². The Kier molecular flexibility index (Phi) is 6.57. The average Bonchev–Trinajstić information content (AvgIpc) is 2.73. The Morgan fingerprint density at radius 3 is 2.57 bits per heavy atom. The Morgan fingerprint density at radius 2 is 1.79 bits per heavy atom. The number of carbonyl (C=O) groups is 1. The Morgan fingerprint density at radius 1 is 1.04 bits per heavy atom. The van der Waals surface area contributed by atoms with E-state index in [0.29, 0.717) is 36.8 Å². The van der Waals surface area contributed by atoms with Crippen LogP contribution >= 0.6 is 0 Å². The number of benzene rings is 2. The summed E-state index contributed by atoms with van der Waals surface area (Å²) >= 11 is 0. The molecule has 3 rings (SSSR count). The Balaban J connectivity index is 1.59. The van der Waals surface area contributed by atoms with Gasteiger partial charge in [-0.25, -0.2) is 9.97 Å². The minimum atomic E-state index is -0.219. The van der Waals surface area contributed by atoms with E-state index >= 15 is 0 Å². The molecule has 0 fully saturated rings. The van der Waals surface area contributed by atoms with Crippen LogP contribution in [0.5, 0.6) is 5.75 Å². The number of aromatic nitrogens is 2. The van der Waals surface area contributed by atoms with Crippen molar-refractivity contribution >= 4 is 11.7 Å². The lowest BCUT2D eigenvalue weighted by Crippen LogP contribution is -2.27. The van der Waals surface area contributed by atoms with E-state index in [1.54, 1.807) is 20.1 Å². The monoisotopic (exact) mass is 376 g/mol. The molecule has 0 aliphatic heterocycles. The van der Waals surface area contributed by atoms with Crippen molar-refractivity contribution in [2.45, 2.75) is 19.9 Å². The first-order valence-corrected chi connectivity index (χ1v) is 9.19. The molecular weight excluding hydrogens is 352 g/mol. The number of anilines is 1. The zero-order valence-electron chi connectivity index (χ0n) is 16.1. The number of ether oxygens (including phenoxy) is 1. The Hall–Kier alpha value is -3.41. The van der Waals surface area contributed by atoms with E-state index < -0.39 is 0 Å². The molecule has 0 radical (unpaired) electrons. The number of rotatable bonds is 8. The van der Waals surface area contributed by atoms with E-state index in [0.717, 1.165) is 16.9 Å². The van der Waals surface area contributed by atoms with E-state index in [1.807, 2.05) is 54.6 Å². The van der Waals surface area contributed by atoms with Crippen LogP contribution in [0.15, 0.2) is 60.7 Å². The van der Waals surface area contributed by atoms with Crippen molar-refractivity contribution in [1.29, 1.82) is 0 Å². The van der Waals surface area contributed by atoms with E-state index in [2.05, 4.69) is 20.6 Å². The number of nitrogens with one attached hydrogen (secondary N) is 2. The van der Waals surface area contributed by atoms with Gasteiger partial charge >= 0.3 is 0 Å². The van der Waals surface area contributed by atoms with Gasteiger partial charge in [-0.3, -0.25) is 4.79 Å². The molecule has 0 saturated heterocycles. The molecule has 6 nitrogen and oxygen atoms in total. The third-order valence-corrected chi connectivity index (χ3v) is 4.26. The molecule has 0 saturated carbocycles. The molecule has 1 amide bonds. The second-order valence-electron chi connectivity index (χ2n) is 6.34. The van der Waals surface area contributed by atoms with Crippen LogP contribution < -0.4 is 15.4 Å². The highest BCUT2D eigenvalue weighted by Gasteiger charge is 2.11. The average molecular weight is 376 g/mol. The van der Waals surface area contributed by atoms with Gasteiger partial charge < -0.3 is 15.4 Å². The highest BCUT2D eigenvalue weighted by atomic mass is 16.5. The molecule has 0 unspecified atom stereocenters. The van der Waals surface area contributed by atoms with Gasteiger partial charge in [-0.05, 0) is 30.5 Å². The fourth-order valence-corrected chi connectivity index (χ4v) is 2.87. The van der Waals surface area contributed by atoms with Crippen LogP contribution in [0.3, 0.4) is 0 Å². The van der Waals surface area contributed by atoms with Crippen molar-refractivity contribution in [1.82, 2.24) is 15.3 Å². The summed E-state index contributed by atoms with van der Waals surface area (Å²) in [6.45, 7) is 2.90. The lowest BCUT2D eigenvalue weighted by atomic mass is 10.1. The molecule has 0 atom stereocenters. The van der Waals surface area contributed by atoms with Gasteiger partial charge in [0.1, 0.15) is 23.1 Å². The summed E-state index contributed by atoms with van der Waals surface area (Å²) in [7, 11) is 1.64. The van der Waals surface area contributed by atoms with Crippen molar-refractivity contribution in [2.24, 2.45) is 0 Å². The van der Waals surface area contributed by atoms with Crippen molar-refractivity contribution in [3.63, 3.8) is 0 Å². The summed E-state index contributed by atoms with van der Waals surface area (Å²) < 4.78 is 5.34. The highest BCUT2D eigenvalue weighted by Crippen LogP contribution is 2.17. The predicted octanol–water partition coefficient (Wildman–Crippen LogP) is 3.38. The summed E-state index contributed by atoms with van der Waals surface area (Å²) in [5.41, 5.74) is 2.54. The zero-order chi connectivity index (χ0) is 19.8. The van der Waals surface area contributed by atoms with Crippen molar-refractivity contribution in [2.75, 3.05) is 19.0 Å². The fraction of sp³-hybridized carbons (Fsp3) is 0.227. The molecule has 0 aliphatic carbocycles. The van der Waals surface area contributed by atoms with Crippen LogP contribution in [0, 0.1) is 6.92 Å². The van der Waals surface area contributed by atoms with Crippen LogP contribution in [0.2, 0.25) is 0 Å². The molecule has 2 N–H and O–H groups in total. The highest BCUT2D eigenvalue weighted by molar-refractivity contribution is 5.92. The standard InChI is InChI=1S/C22H24N4O2/c1-16-25-19(14-21(26-16)24-15-17-8-4-3-5-9-17)22(27)23-13-12-18-10-6-7-11-20(18)28-2/h3-11,14H,12-13,15H2,1-2H3,(H,23,27)(H,24,25,26). The first kappa shape index (κ1) is 19.4.